The number of hydrogen-bond acceptors (Lipinski definition) is 8. The molecule has 2 aromatic heterocycles. The fourth-order valence-corrected chi connectivity index (χ4v) is 8.98. The van der Waals surface area contributed by atoms with Crippen LogP contribution in [0, 0.1) is 5.41 Å². The second kappa shape index (κ2) is 17.7. The zero-order valence-corrected chi connectivity index (χ0v) is 33.8. The molecular formula is C45H53F6N5O3. The van der Waals surface area contributed by atoms with E-state index in [1.165, 1.54) is 12.1 Å². The number of aromatic nitrogens is 3. The van der Waals surface area contributed by atoms with Gasteiger partial charge < -0.3 is 24.8 Å². The predicted octanol–water partition coefficient (Wildman–Crippen LogP) is 10.7. The first-order chi connectivity index (χ1) is 28.1. The van der Waals surface area contributed by atoms with Gasteiger partial charge in [-0.2, -0.15) is 13.2 Å². The number of nitrogens with zero attached hydrogens (tertiary/aromatic N) is 4. The zero-order valence-electron chi connectivity index (χ0n) is 33.8. The van der Waals surface area contributed by atoms with Gasteiger partial charge in [0.1, 0.15) is 5.75 Å². The first-order valence-corrected chi connectivity index (χ1v) is 20.6. The summed E-state index contributed by atoms with van der Waals surface area (Å²) in [5, 5.41) is 12.3. The molecule has 2 aliphatic carbocycles. The molecule has 1 saturated carbocycles. The SMILES string of the molecule is COc1ccc(CO[C@H]2CC(C)(C)Cc3nc(C4CCN(c5ncc(NCCCO)cn5)CC4)c([C@@H](F)c4ccc(C(F)(F)F)cc4)c(C4CCC(F)(F)CC4)c32)cc1. The maximum Gasteiger partial charge on any atom is 0.416 e. The van der Waals surface area contributed by atoms with E-state index in [0.29, 0.717) is 74.7 Å². The maximum absolute atomic E-state index is 17.8. The molecule has 2 aromatic carbocycles. The number of fused-ring (bicyclic) bond motifs is 1. The number of benzene rings is 2. The van der Waals surface area contributed by atoms with Gasteiger partial charge in [-0.3, -0.25) is 4.98 Å². The lowest BCUT2D eigenvalue weighted by Crippen LogP contribution is -2.36. The van der Waals surface area contributed by atoms with Crippen LogP contribution in [0.2, 0.25) is 0 Å². The van der Waals surface area contributed by atoms with Crippen molar-refractivity contribution in [3.8, 4) is 5.75 Å². The van der Waals surface area contributed by atoms with Gasteiger partial charge in [0.25, 0.3) is 0 Å². The molecule has 0 amide bonds. The Morgan fingerprint density at radius 3 is 2.19 bits per heavy atom. The van der Waals surface area contributed by atoms with Crippen molar-refractivity contribution in [3.05, 3.63) is 106 Å². The van der Waals surface area contributed by atoms with Crippen molar-refractivity contribution < 1.29 is 40.9 Å². The van der Waals surface area contributed by atoms with Crippen molar-refractivity contribution in [2.24, 2.45) is 5.41 Å². The molecule has 318 valence electrons. The van der Waals surface area contributed by atoms with Crippen LogP contribution in [0.15, 0.2) is 60.9 Å². The average Bonchev–Trinajstić information content (AvgIpc) is 3.22. The van der Waals surface area contributed by atoms with Crippen LogP contribution in [0.25, 0.3) is 0 Å². The van der Waals surface area contributed by atoms with Gasteiger partial charge in [0.15, 0.2) is 6.17 Å². The number of piperidine rings is 1. The lowest BCUT2D eigenvalue weighted by molar-refractivity contribution is -0.137. The average molecular weight is 826 g/mol. The number of aliphatic hydroxyl groups is 1. The van der Waals surface area contributed by atoms with Gasteiger partial charge in [0, 0.05) is 61.8 Å². The van der Waals surface area contributed by atoms with E-state index in [1.54, 1.807) is 19.5 Å². The fourth-order valence-electron chi connectivity index (χ4n) is 8.98. The van der Waals surface area contributed by atoms with E-state index in [1.807, 2.05) is 24.3 Å². The highest BCUT2D eigenvalue weighted by atomic mass is 19.4. The van der Waals surface area contributed by atoms with Gasteiger partial charge >= 0.3 is 6.18 Å². The molecule has 0 radical (unpaired) electrons. The molecule has 0 bridgehead atoms. The molecular weight excluding hydrogens is 773 g/mol. The minimum Gasteiger partial charge on any atom is -0.497 e. The number of anilines is 2. The van der Waals surface area contributed by atoms with E-state index in [4.69, 9.17) is 19.6 Å². The first kappa shape index (κ1) is 42.7. The Hall–Kier alpha value is -4.43. The van der Waals surface area contributed by atoms with E-state index < -0.39 is 35.9 Å². The second-order valence-electron chi connectivity index (χ2n) is 17.0. The summed E-state index contributed by atoms with van der Waals surface area (Å²) in [6, 6.07) is 11.7. The number of aliphatic hydroxyl groups excluding tert-OH is 1. The molecule has 2 fully saturated rings. The lowest BCUT2D eigenvalue weighted by atomic mass is 9.68. The van der Waals surface area contributed by atoms with E-state index in [9.17, 15) is 22.0 Å². The van der Waals surface area contributed by atoms with E-state index in [0.717, 1.165) is 34.6 Å². The largest absolute Gasteiger partial charge is 0.497 e. The molecule has 2 atom stereocenters. The van der Waals surface area contributed by atoms with Crippen molar-refractivity contribution in [2.45, 2.75) is 114 Å². The van der Waals surface area contributed by atoms with Gasteiger partial charge in [-0.25, -0.2) is 23.1 Å². The van der Waals surface area contributed by atoms with Crippen molar-refractivity contribution in [1.82, 2.24) is 15.0 Å². The van der Waals surface area contributed by atoms with Gasteiger partial charge in [-0.15, -0.1) is 0 Å². The van der Waals surface area contributed by atoms with Gasteiger partial charge in [0.2, 0.25) is 11.9 Å². The topological polar surface area (TPSA) is 92.6 Å². The molecule has 7 rings (SSSR count). The molecule has 2 N–H and O–H groups in total. The normalized spacial score (nSPS) is 20.2. The number of halogens is 6. The Kier molecular flexibility index (Phi) is 12.8. The monoisotopic (exact) mass is 825 g/mol. The summed E-state index contributed by atoms with van der Waals surface area (Å²) in [6.07, 6.45) is -1.17. The van der Waals surface area contributed by atoms with Crippen LogP contribution in [0.1, 0.15) is 134 Å². The summed E-state index contributed by atoms with van der Waals surface area (Å²) in [4.78, 5) is 16.5. The zero-order chi connectivity index (χ0) is 42.0. The minimum absolute atomic E-state index is 0.0498. The number of hydrogen-bond donors (Lipinski definition) is 2. The Morgan fingerprint density at radius 2 is 1.58 bits per heavy atom. The molecule has 1 saturated heterocycles. The van der Waals surface area contributed by atoms with Crippen molar-refractivity contribution in [1.29, 1.82) is 0 Å². The third-order valence-corrected chi connectivity index (χ3v) is 12.1. The molecule has 0 unspecified atom stereocenters. The van der Waals surface area contributed by atoms with Crippen LogP contribution < -0.4 is 15.0 Å². The van der Waals surface area contributed by atoms with Crippen molar-refractivity contribution in [2.75, 3.05) is 43.6 Å². The quantitative estimate of drug-likeness (QED) is 0.102. The van der Waals surface area contributed by atoms with Crippen LogP contribution in [-0.4, -0.2) is 59.3 Å². The molecule has 1 aliphatic heterocycles. The first-order valence-electron chi connectivity index (χ1n) is 20.6. The summed E-state index contributed by atoms with van der Waals surface area (Å²) < 4.78 is 101. The molecule has 4 aromatic rings. The standard InChI is InChI=1S/C45H53F6N5O3/c1-43(2)23-35-38(36(24-43)59-27-28-5-11-34(58-3)12-6-28)37(29-13-17-44(47,48)18-14-29)39(40(46)30-7-9-32(10-8-30)45(49,50)51)41(55-35)31-15-20-56(21-16-31)42-53-25-33(26-54-42)52-19-4-22-57/h5-12,25-26,29,31,36,40,52,57H,4,13-24,27H2,1-3H3/t36-,40-/m0/s1. The number of nitrogens with one attached hydrogen (secondary N) is 1. The minimum atomic E-state index is -4.60. The number of alkyl halides is 6. The Bertz CT molecular complexity index is 2010. The highest BCUT2D eigenvalue weighted by molar-refractivity contribution is 5.52. The molecule has 14 heteroatoms. The molecule has 0 spiro atoms. The molecule has 59 heavy (non-hydrogen) atoms. The third kappa shape index (κ3) is 9.96. The summed E-state index contributed by atoms with van der Waals surface area (Å²) in [5.41, 5.74) is 3.50. The Morgan fingerprint density at radius 1 is 0.915 bits per heavy atom. The highest BCUT2D eigenvalue weighted by Crippen LogP contribution is 2.53. The van der Waals surface area contributed by atoms with Gasteiger partial charge in [-0.1, -0.05) is 38.1 Å². The van der Waals surface area contributed by atoms with Gasteiger partial charge in [-0.05, 0) is 97.2 Å². The fraction of sp³-hybridized carbons (Fsp3) is 0.533. The molecule has 8 nitrogen and oxygen atoms in total. The summed E-state index contributed by atoms with van der Waals surface area (Å²) in [6.45, 7) is 6.26. The van der Waals surface area contributed by atoms with Crippen LogP contribution in [-0.2, 0) is 23.9 Å². The van der Waals surface area contributed by atoms with E-state index in [-0.39, 0.29) is 61.4 Å². The Labute approximate surface area is 341 Å². The summed E-state index contributed by atoms with van der Waals surface area (Å²) in [5.74, 6) is -2.26. The van der Waals surface area contributed by atoms with Crippen LogP contribution >= 0.6 is 0 Å². The smallest absolute Gasteiger partial charge is 0.416 e. The lowest BCUT2D eigenvalue weighted by Gasteiger charge is -2.42. The highest BCUT2D eigenvalue weighted by Gasteiger charge is 2.44. The van der Waals surface area contributed by atoms with Crippen LogP contribution in [0.4, 0.5) is 38.0 Å². The Balaban J connectivity index is 1.31. The summed E-state index contributed by atoms with van der Waals surface area (Å²) in [7, 11) is 1.59. The molecule has 3 heterocycles. The maximum atomic E-state index is 17.8. The molecule has 3 aliphatic rings. The van der Waals surface area contributed by atoms with Crippen LogP contribution in [0.5, 0.6) is 5.75 Å². The number of methoxy groups -OCH3 is 1. The van der Waals surface area contributed by atoms with Crippen molar-refractivity contribution in [3.63, 3.8) is 0 Å². The predicted molar refractivity (Wildman–Crippen MR) is 214 cm³/mol. The number of pyridine rings is 1. The summed E-state index contributed by atoms with van der Waals surface area (Å²) >= 11 is 0. The van der Waals surface area contributed by atoms with E-state index in [2.05, 4.69) is 34.0 Å². The number of rotatable bonds is 13. The second-order valence-corrected chi connectivity index (χ2v) is 17.0. The van der Waals surface area contributed by atoms with Crippen LogP contribution in [0.3, 0.4) is 0 Å². The number of ether oxygens (including phenoxy) is 2. The van der Waals surface area contributed by atoms with Crippen molar-refractivity contribution >= 4 is 11.6 Å². The third-order valence-electron chi connectivity index (χ3n) is 12.1. The van der Waals surface area contributed by atoms with E-state index >= 15 is 4.39 Å². The van der Waals surface area contributed by atoms with Gasteiger partial charge in [0.05, 0.1) is 49.2 Å².